The summed E-state index contributed by atoms with van der Waals surface area (Å²) in [6.45, 7) is 0.528. The van der Waals surface area contributed by atoms with Crippen LogP contribution in [0.15, 0.2) is 53.4 Å². The third-order valence-electron chi connectivity index (χ3n) is 3.91. The fourth-order valence-corrected chi connectivity index (χ4v) is 3.62. The van der Waals surface area contributed by atoms with E-state index in [1.165, 1.54) is 11.8 Å². The number of para-hydroxylation sites is 1. The van der Waals surface area contributed by atoms with Crippen molar-refractivity contribution in [2.75, 3.05) is 0 Å². The first-order chi connectivity index (χ1) is 14.2. The monoisotopic (exact) mass is 425 g/mol. The molecular weight excluding hydrogens is 410 g/mol. The quantitative estimate of drug-likeness (QED) is 0.440. The number of benzene rings is 2. The summed E-state index contributed by atoms with van der Waals surface area (Å²) in [5.41, 5.74) is 1.74. The molecule has 1 aliphatic rings. The van der Waals surface area contributed by atoms with Gasteiger partial charge in [-0.15, -0.1) is 10.2 Å². The molecule has 1 fully saturated rings. The summed E-state index contributed by atoms with van der Waals surface area (Å²) < 4.78 is 12.2. The third kappa shape index (κ3) is 4.98. The largest absolute Gasteiger partial charge is 0.489 e. The predicted octanol–water partition coefficient (Wildman–Crippen LogP) is 2.85. The number of aromatic amines is 1. The van der Waals surface area contributed by atoms with Crippen molar-refractivity contribution >= 4 is 40.3 Å². The summed E-state index contributed by atoms with van der Waals surface area (Å²) in [5.74, 6) is 1.65. The standard InChI is InChI=1S/C19H15N5O3S2/c25-18-16(29-19(28)20-18)9-12-4-3-6-14(8-12)26-10-13-5-1-2-7-15(13)27-11-17-21-23-24-22-17/h1-9H,10-11H2,(H,20,25,28)(H,21,22,23,24)/b16-9-. The maximum Gasteiger partial charge on any atom is 0.263 e. The zero-order valence-corrected chi connectivity index (χ0v) is 16.6. The number of thioether (sulfide) groups is 1. The van der Waals surface area contributed by atoms with Crippen LogP contribution >= 0.6 is 24.0 Å². The van der Waals surface area contributed by atoms with Crippen LogP contribution in [0.3, 0.4) is 0 Å². The van der Waals surface area contributed by atoms with Crippen molar-refractivity contribution < 1.29 is 14.3 Å². The molecule has 3 aromatic rings. The first-order valence-corrected chi connectivity index (χ1v) is 9.80. The van der Waals surface area contributed by atoms with Crippen LogP contribution in [0.2, 0.25) is 0 Å². The smallest absolute Gasteiger partial charge is 0.263 e. The summed E-state index contributed by atoms with van der Waals surface area (Å²) in [6, 6.07) is 15.1. The second-order valence-corrected chi connectivity index (χ2v) is 7.66. The summed E-state index contributed by atoms with van der Waals surface area (Å²) in [5, 5.41) is 16.2. The van der Waals surface area contributed by atoms with Crippen LogP contribution in [0.1, 0.15) is 17.0 Å². The highest BCUT2D eigenvalue weighted by Crippen LogP contribution is 2.27. The Bertz CT molecular complexity index is 1070. The zero-order chi connectivity index (χ0) is 20.1. The number of rotatable bonds is 7. The molecule has 2 N–H and O–H groups in total. The highest BCUT2D eigenvalue weighted by molar-refractivity contribution is 8.26. The van der Waals surface area contributed by atoms with E-state index in [-0.39, 0.29) is 12.5 Å². The van der Waals surface area contributed by atoms with Crippen molar-refractivity contribution in [1.29, 1.82) is 0 Å². The average molecular weight is 425 g/mol. The molecule has 29 heavy (non-hydrogen) atoms. The lowest BCUT2D eigenvalue weighted by atomic mass is 10.2. The summed E-state index contributed by atoms with van der Waals surface area (Å²) in [4.78, 5) is 12.4. The molecule has 4 rings (SSSR count). The van der Waals surface area contributed by atoms with Gasteiger partial charge < -0.3 is 14.8 Å². The second kappa shape index (κ2) is 8.84. The van der Waals surface area contributed by atoms with Gasteiger partial charge in [-0.25, -0.2) is 0 Å². The number of hydrogen-bond acceptors (Lipinski definition) is 8. The molecule has 1 aromatic heterocycles. The summed E-state index contributed by atoms with van der Waals surface area (Å²) in [6.07, 6.45) is 1.79. The first kappa shape index (κ1) is 19.1. The van der Waals surface area contributed by atoms with E-state index in [4.69, 9.17) is 21.7 Å². The normalized spacial score (nSPS) is 14.8. The van der Waals surface area contributed by atoms with E-state index in [9.17, 15) is 4.79 Å². The Hall–Kier alpha value is -3.24. The van der Waals surface area contributed by atoms with Gasteiger partial charge in [0.2, 0.25) is 5.82 Å². The minimum Gasteiger partial charge on any atom is -0.489 e. The molecule has 2 heterocycles. The van der Waals surface area contributed by atoms with Crippen molar-refractivity contribution in [2.45, 2.75) is 13.2 Å². The number of tetrazole rings is 1. The average Bonchev–Trinajstić information content (AvgIpc) is 3.35. The molecule has 0 atom stereocenters. The number of carbonyl (C=O) groups is 1. The molecule has 1 amide bonds. The molecule has 8 nitrogen and oxygen atoms in total. The van der Waals surface area contributed by atoms with Gasteiger partial charge in [-0.2, -0.15) is 5.21 Å². The number of nitrogens with one attached hydrogen (secondary N) is 2. The van der Waals surface area contributed by atoms with Crippen LogP contribution in [0, 0.1) is 0 Å². The Morgan fingerprint density at radius 2 is 2.00 bits per heavy atom. The molecule has 0 spiro atoms. The number of ether oxygens (including phenoxy) is 2. The lowest BCUT2D eigenvalue weighted by molar-refractivity contribution is -0.115. The Kier molecular flexibility index (Phi) is 5.82. The van der Waals surface area contributed by atoms with Crippen LogP contribution in [-0.4, -0.2) is 30.9 Å². The maximum atomic E-state index is 11.8. The van der Waals surface area contributed by atoms with Gasteiger partial charge in [0.05, 0.1) is 4.91 Å². The molecule has 146 valence electrons. The number of aromatic nitrogens is 4. The Morgan fingerprint density at radius 1 is 1.10 bits per heavy atom. The molecule has 1 aliphatic heterocycles. The minimum atomic E-state index is -0.181. The SMILES string of the molecule is O=C1NC(=S)S/C1=C\c1cccc(OCc2ccccc2OCc2nn[nH]n2)c1. The van der Waals surface area contributed by atoms with Crippen LogP contribution in [0.4, 0.5) is 0 Å². The molecule has 10 heteroatoms. The van der Waals surface area contributed by atoms with Gasteiger partial charge in [0.15, 0.2) is 6.61 Å². The number of thiocarbonyl (C=S) groups is 1. The highest BCUT2D eigenvalue weighted by atomic mass is 32.2. The van der Waals surface area contributed by atoms with E-state index in [0.29, 0.717) is 33.2 Å². The minimum absolute atomic E-state index is 0.181. The fraction of sp³-hybridized carbons (Fsp3) is 0.105. The Morgan fingerprint density at radius 3 is 2.79 bits per heavy atom. The van der Waals surface area contributed by atoms with E-state index in [0.717, 1.165) is 11.1 Å². The molecule has 0 radical (unpaired) electrons. The van der Waals surface area contributed by atoms with Gasteiger partial charge in [-0.05, 0) is 29.8 Å². The van der Waals surface area contributed by atoms with Crippen LogP contribution in [0.5, 0.6) is 11.5 Å². The van der Waals surface area contributed by atoms with Crippen LogP contribution in [0.25, 0.3) is 6.08 Å². The van der Waals surface area contributed by atoms with Crippen molar-refractivity contribution in [3.8, 4) is 11.5 Å². The van der Waals surface area contributed by atoms with E-state index in [1.807, 2.05) is 48.5 Å². The van der Waals surface area contributed by atoms with E-state index in [2.05, 4.69) is 25.9 Å². The van der Waals surface area contributed by atoms with Gasteiger partial charge in [-0.3, -0.25) is 4.79 Å². The third-order valence-corrected chi connectivity index (χ3v) is 5.07. The zero-order valence-electron chi connectivity index (χ0n) is 15.0. The summed E-state index contributed by atoms with van der Waals surface area (Å²) in [7, 11) is 0. The topological polar surface area (TPSA) is 102 Å². The number of hydrogen-bond donors (Lipinski definition) is 2. The lowest BCUT2D eigenvalue weighted by Gasteiger charge is -2.12. The molecule has 0 saturated carbocycles. The van der Waals surface area contributed by atoms with E-state index < -0.39 is 0 Å². The summed E-state index contributed by atoms with van der Waals surface area (Å²) >= 11 is 6.26. The molecule has 2 aromatic carbocycles. The number of carbonyl (C=O) groups excluding carboxylic acids is 1. The van der Waals surface area contributed by atoms with Crippen molar-refractivity contribution in [3.05, 3.63) is 70.4 Å². The van der Waals surface area contributed by atoms with Gasteiger partial charge in [0.25, 0.3) is 5.91 Å². The maximum absolute atomic E-state index is 11.8. The second-order valence-electron chi connectivity index (χ2n) is 5.94. The van der Waals surface area contributed by atoms with Crippen molar-refractivity contribution in [2.24, 2.45) is 0 Å². The molecule has 0 unspecified atom stereocenters. The van der Waals surface area contributed by atoms with Gasteiger partial charge in [-0.1, -0.05) is 59.5 Å². The lowest BCUT2D eigenvalue weighted by Crippen LogP contribution is -2.17. The number of H-pyrrole nitrogens is 1. The molecular formula is C19H15N5O3S2. The highest BCUT2D eigenvalue weighted by Gasteiger charge is 2.21. The molecule has 0 aliphatic carbocycles. The van der Waals surface area contributed by atoms with Gasteiger partial charge in [0.1, 0.15) is 22.4 Å². The van der Waals surface area contributed by atoms with Gasteiger partial charge in [0, 0.05) is 5.56 Å². The molecule has 0 bridgehead atoms. The van der Waals surface area contributed by atoms with E-state index >= 15 is 0 Å². The molecule has 1 saturated heterocycles. The number of nitrogens with zero attached hydrogens (tertiary/aromatic N) is 3. The van der Waals surface area contributed by atoms with Gasteiger partial charge >= 0.3 is 0 Å². The van der Waals surface area contributed by atoms with E-state index in [1.54, 1.807) is 6.08 Å². The first-order valence-electron chi connectivity index (χ1n) is 8.58. The van der Waals surface area contributed by atoms with Crippen LogP contribution in [-0.2, 0) is 18.0 Å². The predicted molar refractivity (Wildman–Crippen MR) is 112 cm³/mol. The Labute approximate surface area is 175 Å². The Balaban J connectivity index is 1.42. The fourth-order valence-electron chi connectivity index (χ4n) is 2.58. The number of amides is 1. The van der Waals surface area contributed by atoms with Crippen LogP contribution < -0.4 is 14.8 Å². The van der Waals surface area contributed by atoms with Crippen molar-refractivity contribution in [3.63, 3.8) is 0 Å². The van der Waals surface area contributed by atoms with Crippen molar-refractivity contribution in [1.82, 2.24) is 25.9 Å².